The van der Waals surface area contributed by atoms with E-state index in [1.54, 1.807) is 6.08 Å². The van der Waals surface area contributed by atoms with Crippen molar-refractivity contribution in [3.63, 3.8) is 0 Å². The summed E-state index contributed by atoms with van der Waals surface area (Å²) in [6.07, 6.45) is 1.74. The first-order valence-corrected chi connectivity index (χ1v) is 5.68. The van der Waals surface area contributed by atoms with Crippen LogP contribution in [0.25, 0.3) is 17.0 Å². The van der Waals surface area contributed by atoms with Crippen molar-refractivity contribution in [2.75, 3.05) is 0 Å². The minimum Gasteiger partial charge on any atom is -0.235 e. The quantitative estimate of drug-likeness (QED) is 0.697. The molecule has 0 spiro atoms. The predicted molar refractivity (Wildman–Crippen MR) is 69.3 cm³/mol. The van der Waals surface area contributed by atoms with Crippen LogP contribution in [-0.4, -0.2) is 4.98 Å². The Morgan fingerprint density at radius 1 is 1.47 bits per heavy atom. The lowest BCUT2D eigenvalue weighted by molar-refractivity contribution is 1.35. The molecule has 0 saturated heterocycles. The number of hydrogen-bond donors (Lipinski definition) is 0. The molecule has 1 nitrogen and oxygen atoms in total. The number of aromatic nitrogens is 1. The Morgan fingerprint density at radius 3 is 2.87 bits per heavy atom. The molecule has 1 heterocycles. The highest BCUT2D eigenvalue weighted by Crippen LogP contribution is 2.28. The zero-order chi connectivity index (χ0) is 11.0. The van der Waals surface area contributed by atoms with Crippen molar-refractivity contribution in [1.82, 2.24) is 4.98 Å². The van der Waals surface area contributed by atoms with E-state index in [-0.39, 0.29) is 0 Å². The van der Waals surface area contributed by atoms with E-state index in [0.717, 1.165) is 26.5 Å². The predicted octanol–water partition coefficient (Wildman–Crippen LogP) is 4.60. The molecule has 0 unspecified atom stereocenters. The summed E-state index contributed by atoms with van der Waals surface area (Å²) >= 11 is 9.50. The molecule has 0 amide bonds. The third-order valence-electron chi connectivity index (χ3n) is 2.41. The van der Waals surface area contributed by atoms with Crippen LogP contribution < -0.4 is 0 Å². The molecular formula is C12H9BrClN. The van der Waals surface area contributed by atoms with Crippen LogP contribution >= 0.6 is 27.5 Å². The second-order valence-corrected chi connectivity index (χ2v) is 4.58. The lowest BCUT2D eigenvalue weighted by Gasteiger charge is -2.07. The fourth-order valence-electron chi connectivity index (χ4n) is 1.61. The van der Waals surface area contributed by atoms with Crippen molar-refractivity contribution < 1.29 is 0 Å². The Hall–Kier alpha value is -0.860. The number of aryl methyl sites for hydroxylation is 1. The molecule has 76 valence electrons. The Kier molecular flexibility index (Phi) is 2.81. The molecular weight excluding hydrogens is 273 g/mol. The summed E-state index contributed by atoms with van der Waals surface area (Å²) in [6.45, 7) is 5.77. The number of hydrogen-bond acceptors (Lipinski definition) is 1. The fourth-order valence-corrected chi connectivity index (χ4v) is 2.28. The summed E-state index contributed by atoms with van der Waals surface area (Å²) in [5.41, 5.74) is 2.93. The molecule has 2 aromatic rings. The lowest BCUT2D eigenvalue weighted by atomic mass is 10.1. The molecule has 15 heavy (non-hydrogen) atoms. The fraction of sp³-hybridized carbons (Fsp3) is 0.0833. The van der Waals surface area contributed by atoms with E-state index >= 15 is 0 Å². The second kappa shape index (κ2) is 3.95. The summed E-state index contributed by atoms with van der Waals surface area (Å²) < 4.78 is 1.04. The van der Waals surface area contributed by atoms with Crippen molar-refractivity contribution in [3.05, 3.63) is 45.5 Å². The number of nitrogens with zero attached hydrogens (tertiary/aromatic N) is 1. The molecule has 0 aliphatic carbocycles. The maximum absolute atomic E-state index is 6.05. The van der Waals surface area contributed by atoms with E-state index in [2.05, 4.69) is 27.5 Å². The minimum atomic E-state index is 0.511. The molecule has 0 bridgehead atoms. The van der Waals surface area contributed by atoms with Crippen molar-refractivity contribution in [1.29, 1.82) is 0 Å². The van der Waals surface area contributed by atoms with Crippen LogP contribution in [0.2, 0.25) is 5.15 Å². The van der Waals surface area contributed by atoms with Crippen LogP contribution in [0, 0.1) is 6.92 Å². The maximum atomic E-state index is 6.05. The topological polar surface area (TPSA) is 12.9 Å². The number of fused-ring (bicyclic) bond motifs is 1. The highest BCUT2D eigenvalue weighted by molar-refractivity contribution is 9.10. The molecule has 0 radical (unpaired) electrons. The van der Waals surface area contributed by atoms with Crippen LogP contribution in [-0.2, 0) is 0 Å². The van der Waals surface area contributed by atoms with Gasteiger partial charge in [0.15, 0.2) is 0 Å². The number of pyridine rings is 1. The second-order valence-electron chi connectivity index (χ2n) is 3.31. The van der Waals surface area contributed by atoms with E-state index < -0.39 is 0 Å². The highest BCUT2D eigenvalue weighted by Gasteiger charge is 2.07. The highest BCUT2D eigenvalue weighted by atomic mass is 79.9. The van der Waals surface area contributed by atoms with Gasteiger partial charge in [-0.25, -0.2) is 4.98 Å². The Bertz CT molecular complexity index is 549. The Labute approximate surface area is 102 Å². The smallest absolute Gasteiger partial charge is 0.137 e. The first-order chi connectivity index (χ1) is 7.13. The van der Waals surface area contributed by atoms with Crippen LogP contribution in [0.4, 0.5) is 0 Å². The molecule has 2 rings (SSSR count). The number of benzene rings is 1. The van der Waals surface area contributed by atoms with Gasteiger partial charge in [-0.15, -0.1) is 0 Å². The summed E-state index contributed by atoms with van der Waals surface area (Å²) in [4.78, 5) is 4.32. The summed E-state index contributed by atoms with van der Waals surface area (Å²) in [6, 6.07) is 5.95. The molecule has 0 N–H and O–H groups in total. The van der Waals surface area contributed by atoms with Gasteiger partial charge >= 0.3 is 0 Å². The van der Waals surface area contributed by atoms with Gasteiger partial charge in [0.25, 0.3) is 0 Å². The molecule has 0 saturated carbocycles. The summed E-state index contributed by atoms with van der Waals surface area (Å²) in [5, 5.41) is 1.61. The molecule has 0 atom stereocenters. The van der Waals surface area contributed by atoms with Crippen LogP contribution in [0.1, 0.15) is 11.1 Å². The molecule has 0 aliphatic heterocycles. The molecule has 1 aromatic carbocycles. The number of halogens is 2. The lowest BCUT2D eigenvalue weighted by Crippen LogP contribution is -1.90. The molecule has 3 heteroatoms. The van der Waals surface area contributed by atoms with Crippen molar-refractivity contribution >= 4 is 44.5 Å². The van der Waals surface area contributed by atoms with Crippen molar-refractivity contribution in [3.8, 4) is 0 Å². The molecule has 0 aliphatic rings. The van der Waals surface area contributed by atoms with E-state index in [1.165, 1.54) is 0 Å². The number of rotatable bonds is 1. The van der Waals surface area contributed by atoms with Gasteiger partial charge in [-0.3, -0.25) is 0 Å². The minimum absolute atomic E-state index is 0.511. The third kappa shape index (κ3) is 1.80. The third-order valence-corrected chi connectivity index (χ3v) is 3.19. The maximum Gasteiger partial charge on any atom is 0.137 e. The standard InChI is InChI=1S/C12H9BrClN/c1-3-9-7(2)10-6-8(13)4-5-11(10)15-12(9)14/h3-6H,1H2,2H3. The average Bonchev–Trinajstić information content (AvgIpc) is 2.20. The van der Waals surface area contributed by atoms with E-state index in [9.17, 15) is 0 Å². The van der Waals surface area contributed by atoms with Crippen LogP contribution in [0.15, 0.2) is 29.3 Å². The Morgan fingerprint density at radius 2 is 2.20 bits per heavy atom. The molecule has 0 fully saturated rings. The first kappa shape index (κ1) is 10.7. The summed E-state index contributed by atoms with van der Waals surface area (Å²) in [7, 11) is 0. The van der Waals surface area contributed by atoms with Crippen LogP contribution in [0.3, 0.4) is 0 Å². The van der Waals surface area contributed by atoms with Gasteiger partial charge in [0.2, 0.25) is 0 Å². The van der Waals surface area contributed by atoms with Crippen LogP contribution in [0.5, 0.6) is 0 Å². The van der Waals surface area contributed by atoms with Gasteiger partial charge in [-0.05, 0) is 30.7 Å². The zero-order valence-corrected chi connectivity index (χ0v) is 10.6. The van der Waals surface area contributed by atoms with Crippen molar-refractivity contribution in [2.45, 2.75) is 6.92 Å². The first-order valence-electron chi connectivity index (χ1n) is 4.51. The van der Waals surface area contributed by atoms with Gasteiger partial charge in [0.1, 0.15) is 5.15 Å². The monoisotopic (exact) mass is 281 g/mol. The van der Waals surface area contributed by atoms with E-state index in [1.807, 2.05) is 25.1 Å². The van der Waals surface area contributed by atoms with Gasteiger partial charge in [0.05, 0.1) is 5.52 Å². The normalized spacial score (nSPS) is 10.6. The van der Waals surface area contributed by atoms with Crippen molar-refractivity contribution in [2.24, 2.45) is 0 Å². The SMILES string of the molecule is C=Cc1c(Cl)nc2ccc(Br)cc2c1C. The van der Waals surface area contributed by atoms with E-state index in [0.29, 0.717) is 5.15 Å². The molecule has 1 aromatic heterocycles. The van der Waals surface area contributed by atoms with Gasteiger partial charge in [-0.1, -0.05) is 40.2 Å². The average molecular weight is 283 g/mol. The van der Waals surface area contributed by atoms with Gasteiger partial charge < -0.3 is 0 Å². The summed E-state index contributed by atoms with van der Waals surface area (Å²) in [5.74, 6) is 0. The Balaban J connectivity index is 2.92. The van der Waals surface area contributed by atoms with Gasteiger partial charge in [0, 0.05) is 15.4 Å². The zero-order valence-electron chi connectivity index (χ0n) is 8.22. The van der Waals surface area contributed by atoms with E-state index in [4.69, 9.17) is 11.6 Å². The largest absolute Gasteiger partial charge is 0.235 e. The van der Waals surface area contributed by atoms with Gasteiger partial charge in [-0.2, -0.15) is 0 Å².